The predicted molar refractivity (Wildman–Crippen MR) is 74.5 cm³/mol. The summed E-state index contributed by atoms with van der Waals surface area (Å²) in [4.78, 5) is 0. The summed E-state index contributed by atoms with van der Waals surface area (Å²) in [6.07, 6.45) is 1.88. The summed E-state index contributed by atoms with van der Waals surface area (Å²) in [7, 11) is -1.69. The maximum Gasteiger partial charge on any atom is 0.223 e. The first kappa shape index (κ1) is 13.2. The lowest BCUT2D eigenvalue weighted by molar-refractivity contribution is 0.330. The molecule has 0 N–H and O–H groups in total. The van der Waals surface area contributed by atoms with E-state index in [0.717, 1.165) is 18.7 Å². The predicted octanol–water partition coefficient (Wildman–Crippen LogP) is 3.56. The summed E-state index contributed by atoms with van der Waals surface area (Å²) in [5, 5.41) is 1.41. The van der Waals surface area contributed by atoms with Crippen LogP contribution in [0.15, 0.2) is 30.8 Å². The zero-order chi connectivity index (χ0) is 12.0. The van der Waals surface area contributed by atoms with Gasteiger partial charge in [-0.25, -0.2) is 0 Å². The molecule has 16 heavy (non-hydrogen) atoms. The first-order valence-electron chi connectivity index (χ1n) is 6.09. The van der Waals surface area contributed by atoms with Crippen LogP contribution in [0, 0.1) is 0 Å². The molecule has 0 amide bonds. The van der Waals surface area contributed by atoms with E-state index in [2.05, 4.69) is 51.6 Å². The van der Waals surface area contributed by atoms with Gasteiger partial charge in [0.1, 0.15) is 0 Å². The van der Waals surface area contributed by atoms with E-state index in [9.17, 15) is 0 Å². The van der Waals surface area contributed by atoms with Crippen LogP contribution in [-0.2, 0) is 4.43 Å². The van der Waals surface area contributed by atoms with Crippen molar-refractivity contribution in [2.24, 2.45) is 0 Å². The van der Waals surface area contributed by atoms with Crippen LogP contribution < -0.4 is 5.19 Å². The Hall–Kier alpha value is -0.863. The molecule has 1 aromatic carbocycles. The molecule has 0 atom stereocenters. The van der Waals surface area contributed by atoms with Gasteiger partial charge in [0, 0.05) is 6.61 Å². The Bertz CT molecular complexity index is 325. The van der Waals surface area contributed by atoms with Gasteiger partial charge in [0.05, 0.1) is 0 Å². The van der Waals surface area contributed by atoms with Gasteiger partial charge >= 0.3 is 0 Å². The molecular weight excluding hydrogens is 212 g/mol. The fourth-order valence-electron chi connectivity index (χ4n) is 2.14. The van der Waals surface area contributed by atoms with Gasteiger partial charge in [0.15, 0.2) is 0 Å². The Labute approximate surface area is 100 Å². The van der Waals surface area contributed by atoms with E-state index in [0.29, 0.717) is 0 Å². The third kappa shape index (κ3) is 2.63. The molecule has 1 rings (SSSR count). The van der Waals surface area contributed by atoms with Crippen LogP contribution in [0.2, 0.25) is 12.1 Å². The number of hydrogen-bond donors (Lipinski definition) is 0. The fourth-order valence-corrected chi connectivity index (χ4v) is 5.36. The molecule has 88 valence electrons. The second-order valence-electron chi connectivity index (χ2n) is 3.96. The third-order valence-corrected chi connectivity index (χ3v) is 7.75. The molecule has 0 aromatic heterocycles. The summed E-state index contributed by atoms with van der Waals surface area (Å²) in [5.41, 5.74) is 1.18. The average Bonchev–Trinajstić information content (AvgIpc) is 2.36. The highest BCUT2D eigenvalue weighted by molar-refractivity contribution is 6.86. The minimum absolute atomic E-state index is 0.817. The van der Waals surface area contributed by atoms with Crippen molar-refractivity contribution < 1.29 is 4.43 Å². The van der Waals surface area contributed by atoms with Crippen molar-refractivity contribution in [3.8, 4) is 0 Å². The summed E-state index contributed by atoms with van der Waals surface area (Å²) in [6, 6.07) is 11.0. The minimum Gasteiger partial charge on any atom is -0.413 e. The third-order valence-electron chi connectivity index (χ3n) is 3.24. The molecule has 0 spiro atoms. The van der Waals surface area contributed by atoms with E-state index in [1.807, 2.05) is 6.08 Å². The van der Waals surface area contributed by atoms with Crippen molar-refractivity contribution in [3.05, 3.63) is 36.4 Å². The summed E-state index contributed by atoms with van der Waals surface area (Å²) in [6.45, 7) is 11.2. The Balaban J connectivity index is 3.04. The smallest absolute Gasteiger partial charge is 0.223 e. The molecule has 1 aromatic rings. The van der Waals surface area contributed by atoms with Gasteiger partial charge in [-0.2, -0.15) is 0 Å². The number of hydrogen-bond acceptors (Lipinski definition) is 1. The van der Waals surface area contributed by atoms with Crippen molar-refractivity contribution in [2.75, 3.05) is 6.61 Å². The van der Waals surface area contributed by atoms with Crippen LogP contribution in [0.4, 0.5) is 0 Å². The van der Waals surface area contributed by atoms with Crippen LogP contribution >= 0.6 is 0 Å². The fraction of sp³-hybridized carbons (Fsp3) is 0.429. The highest BCUT2D eigenvalue weighted by Crippen LogP contribution is 2.17. The monoisotopic (exact) mass is 234 g/mol. The Kier molecular flexibility index (Phi) is 4.96. The standard InChI is InChI=1S/C14H22OSi/c1-5-13-9-11-14(12-10-13)16(7-3,8-4)15-6-2/h5,9-12H,1,6-8H2,2-4H3. The maximum absolute atomic E-state index is 6.10. The van der Waals surface area contributed by atoms with Crippen LogP contribution in [-0.4, -0.2) is 14.9 Å². The molecule has 0 unspecified atom stereocenters. The van der Waals surface area contributed by atoms with Gasteiger partial charge < -0.3 is 4.43 Å². The van der Waals surface area contributed by atoms with Crippen molar-refractivity contribution in [1.29, 1.82) is 0 Å². The topological polar surface area (TPSA) is 9.23 Å². The van der Waals surface area contributed by atoms with E-state index < -0.39 is 8.32 Å². The summed E-state index contributed by atoms with van der Waals surface area (Å²) >= 11 is 0. The van der Waals surface area contributed by atoms with Gasteiger partial charge in [0.25, 0.3) is 0 Å². The van der Waals surface area contributed by atoms with E-state index in [-0.39, 0.29) is 0 Å². The highest BCUT2D eigenvalue weighted by Gasteiger charge is 2.32. The van der Waals surface area contributed by atoms with Crippen molar-refractivity contribution >= 4 is 19.6 Å². The Morgan fingerprint density at radius 2 is 1.69 bits per heavy atom. The molecule has 0 radical (unpaired) electrons. The van der Waals surface area contributed by atoms with Gasteiger partial charge in [-0.05, 0) is 29.8 Å². The first-order valence-corrected chi connectivity index (χ1v) is 8.41. The Morgan fingerprint density at radius 1 is 1.12 bits per heavy atom. The largest absolute Gasteiger partial charge is 0.413 e. The molecule has 0 aliphatic rings. The highest BCUT2D eigenvalue weighted by atomic mass is 28.4. The number of rotatable bonds is 6. The molecule has 0 aliphatic carbocycles. The second kappa shape index (κ2) is 6.02. The van der Waals surface area contributed by atoms with Crippen molar-refractivity contribution in [2.45, 2.75) is 32.9 Å². The van der Waals surface area contributed by atoms with E-state index >= 15 is 0 Å². The second-order valence-corrected chi connectivity index (χ2v) is 8.23. The summed E-state index contributed by atoms with van der Waals surface area (Å²) in [5.74, 6) is 0. The van der Waals surface area contributed by atoms with Crippen LogP contribution in [0.5, 0.6) is 0 Å². The van der Waals surface area contributed by atoms with Crippen molar-refractivity contribution in [1.82, 2.24) is 0 Å². The van der Waals surface area contributed by atoms with Gasteiger partial charge in [-0.3, -0.25) is 0 Å². The average molecular weight is 234 g/mol. The molecule has 0 saturated carbocycles. The molecule has 2 heteroatoms. The molecule has 0 bridgehead atoms. The molecule has 0 fully saturated rings. The summed E-state index contributed by atoms with van der Waals surface area (Å²) < 4.78 is 6.10. The minimum atomic E-state index is -1.69. The molecule has 1 nitrogen and oxygen atoms in total. The van der Waals surface area contributed by atoms with Gasteiger partial charge in [-0.15, -0.1) is 0 Å². The van der Waals surface area contributed by atoms with E-state index in [4.69, 9.17) is 4.43 Å². The molecule has 0 heterocycles. The molecular formula is C14H22OSi. The van der Waals surface area contributed by atoms with Crippen LogP contribution in [0.25, 0.3) is 6.08 Å². The zero-order valence-electron chi connectivity index (χ0n) is 10.6. The normalized spacial score (nSPS) is 11.4. The van der Waals surface area contributed by atoms with E-state index in [1.54, 1.807) is 0 Å². The molecule has 0 aliphatic heterocycles. The Morgan fingerprint density at radius 3 is 2.06 bits per heavy atom. The lowest BCUT2D eigenvalue weighted by Crippen LogP contribution is -2.49. The zero-order valence-corrected chi connectivity index (χ0v) is 11.6. The number of benzene rings is 1. The van der Waals surface area contributed by atoms with Gasteiger partial charge in [-0.1, -0.05) is 50.8 Å². The van der Waals surface area contributed by atoms with E-state index in [1.165, 1.54) is 10.8 Å². The SMILES string of the molecule is C=Cc1ccc([Si](CC)(CC)OCC)cc1. The van der Waals surface area contributed by atoms with Crippen molar-refractivity contribution in [3.63, 3.8) is 0 Å². The quantitative estimate of drug-likeness (QED) is 0.684. The van der Waals surface area contributed by atoms with Gasteiger partial charge in [0.2, 0.25) is 8.32 Å². The first-order chi connectivity index (χ1) is 7.72. The molecule has 0 saturated heterocycles. The van der Waals surface area contributed by atoms with Crippen LogP contribution in [0.1, 0.15) is 26.3 Å². The lowest BCUT2D eigenvalue weighted by atomic mass is 10.2. The lowest BCUT2D eigenvalue weighted by Gasteiger charge is -2.29. The maximum atomic E-state index is 6.10. The van der Waals surface area contributed by atoms with Crippen LogP contribution in [0.3, 0.4) is 0 Å².